The molecule has 358 valence electrons. The normalized spacial score (nSPS) is 13.1. The van der Waals surface area contributed by atoms with Crippen LogP contribution in [0.25, 0.3) is 0 Å². The molecule has 0 heterocycles. The quantitative estimate of drug-likeness (QED) is 0.0419. The van der Waals surface area contributed by atoms with E-state index in [9.17, 15) is 19.8 Å². The van der Waals surface area contributed by atoms with Gasteiger partial charge in [0, 0.05) is 6.42 Å². The van der Waals surface area contributed by atoms with E-state index in [0.717, 1.165) is 38.5 Å². The van der Waals surface area contributed by atoms with Gasteiger partial charge >= 0.3 is 5.97 Å². The van der Waals surface area contributed by atoms with Crippen LogP contribution < -0.4 is 5.32 Å². The highest BCUT2D eigenvalue weighted by molar-refractivity contribution is 5.77. The third-order valence-electron chi connectivity index (χ3n) is 12.9. The van der Waals surface area contributed by atoms with Gasteiger partial charge in [-0.1, -0.05) is 271 Å². The van der Waals surface area contributed by atoms with Crippen molar-refractivity contribution >= 4 is 11.9 Å². The topological polar surface area (TPSA) is 95.9 Å². The van der Waals surface area contributed by atoms with E-state index in [1.54, 1.807) is 0 Å². The van der Waals surface area contributed by atoms with Gasteiger partial charge in [0.1, 0.15) is 6.10 Å². The minimum atomic E-state index is -0.778. The van der Waals surface area contributed by atoms with Crippen LogP contribution in [0.15, 0.2) is 0 Å². The van der Waals surface area contributed by atoms with E-state index in [4.69, 9.17) is 4.74 Å². The van der Waals surface area contributed by atoms with E-state index >= 15 is 0 Å². The standard InChI is InChI=1S/C54H107NO5/c1-4-7-10-13-16-19-21-23-25-26-28-30-32-35-38-41-44-47-54(59)60-50(45-42-39-36-34-31-29-27-24-22-20-17-14-11-8-5-2)48-53(58)55-51(49-56)52(57)46-43-40-37-33-18-15-12-9-6-3/h50-52,56-57H,4-49H2,1-3H3,(H,55,58). The lowest BCUT2D eigenvalue weighted by Crippen LogP contribution is -2.46. The van der Waals surface area contributed by atoms with Crippen molar-refractivity contribution in [3.8, 4) is 0 Å². The third-order valence-corrected chi connectivity index (χ3v) is 12.9. The number of hydrogen-bond donors (Lipinski definition) is 3. The lowest BCUT2D eigenvalue weighted by Gasteiger charge is -2.24. The summed E-state index contributed by atoms with van der Waals surface area (Å²) in [7, 11) is 0. The van der Waals surface area contributed by atoms with Gasteiger partial charge in [0.15, 0.2) is 0 Å². The zero-order valence-corrected chi connectivity index (χ0v) is 40.9. The third kappa shape index (κ3) is 43.5. The second-order valence-corrected chi connectivity index (χ2v) is 19.0. The first-order valence-electron chi connectivity index (χ1n) is 27.3. The first-order valence-corrected chi connectivity index (χ1v) is 27.3. The minimum Gasteiger partial charge on any atom is -0.462 e. The van der Waals surface area contributed by atoms with Crippen molar-refractivity contribution in [2.24, 2.45) is 0 Å². The number of nitrogens with one attached hydrogen (secondary N) is 1. The van der Waals surface area contributed by atoms with E-state index in [2.05, 4.69) is 26.1 Å². The molecule has 0 aliphatic rings. The van der Waals surface area contributed by atoms with Crippen LogP contribution in [-0.4, -0.2) is 46.9 Å². The molecule has 0 radical (unpaired) electrons. The van der Waals surface area contributed by atoms with Gasteiger partial charge in [-0.05, 0) is 25.7 Å². The molecule has 3 atom stereocenters. The van der Waals surface area contributed by atoms with Gasteiger partial charge in [-0.3, -0.25) is 9.59 Å². The lowest BCUT2D eigenvalue weighted by molar-refractivity contribution is -0.151. The number of aliphatic hydroxyl groups is 2. The van der Waals surface area contributed by atoms with E-state index in [-0.39, 0.29) is 24.9 Å². The number of unbranched alkanes of at least 4 members (excludes halogenated alkanes) is 38. The molecule has 1 amide bonds. The Morgan fingerprint density at radius 3 is 1.02 bits per heavy atom. The van der Waals surface area contributed by atoms with Crippen LogP contribution >= 0.6 is 0 Å². The number of ether oxygens (including phenoxy) is 1. The molecule has 6 heteroatoms. The van der Waals surface area contributed by atoms with Crippen LogP contribution in [0, 0.1) is 0 Å². The summed E-state index contributed by atoms with van der Waals surface area (Å²) in [5.41, 5.74) is 0. The fourth-order valence-corrected chi connectivity index (χ4v) is 8.79. The Labute approximate surface area is 375 Å². The first-order chi connectivity index (χ1) is 29.5. The van der Waals surface area contributed by atoms with Crippen molar-refractivity contribution in [1.82, 2.24) is 5.32 Å². The Hall–Kier alpha value is -1.14. The lowest BCUT2D eigenvalue weighted by atomic mass is 10.0. The van der Waals surface area contributed by atoms with Crippen molar-refractivity contribution in [1.29, 1.82) is 0 Å². The summed E-state index contributed by atoms with van der Waals surface area (Å²) in [5.74, 6) is -0.449. The number of aliphatic hydroxyl groups excluding tert-OH is 2. The maximum absolute atomic E-state index is 13.2. The average Bonchev–Trinajstić information content (AvgIpc) is 3.24. The maximum atomic E-state index is 13.2. The van der Waals surface area contributed by atoms with Crippen molar-refractivity contribution < 1.29 is 24.5 Å². The second-order valence-electron chi connectivity index (χ2n) is 19.0. The van der Waals surface area contributed by atoms with Gasteiger partial charge in [0.2, 0.25) is 5.91 Å². The summed E-state index contributed by atoms with van der Waals surface area (Å²) in [6, 6.07) is -0.691. The highest BCUT2D eigenvalue weighted by Gasteiger charge is 2.24. The molecule has 3 unspecified atom stereocenters. The first kappa shape index (κ1) is 58.9. The smallest absolute Gasteiger partial charge is 0.306 e. The molecule has 0 aliphatic heterocycles. The molecule has 0 aromatic carbocycles. The number of amides is 1. The summed E-state index contributed by atoms with van der Waals surface area (Å²) in [4.78, 5) is 26.2. The summed E-state index contributed by atoms with van der Waals surface area (Å²) in [6.07, 6.45) is 53.1. The van der Waals surface area contributed by atoms with E-state index in [1.165, 1.54) is 225 Å². The van der Waals surface area contributed by atoms with E-state index < -0.39 is 18.2 Å². The highest BCUT2D eigenvalue weighted by Crippen LogP contribution is 2.19. The fraction of sp³-hybridized carbons (Fsp3) is 0.963. The van der Waals surface area contributed by atoms with Gasteiger partial charge in [0.05, 0.1) is 25.2 Å². The summed E-state index contributed by atoms with van der Waals surface area (Å²) < 4.78 is 5.95. The Bertz CT molecular complexity index is 867. The molecule has 0 rings (SSSR count). The van der Waals surface area contributed by atoms with Crippen LogP contribution in [0.2, 0.25) is 0 Å². The predicted molar refractivity (Wildman–Crippen MR) is 260 cm³/mol. The Kier molecular flexibility index (Phi) is 48.0. The molecule has 0 fully saturated rings. The molecule has 0 aliphatic carbocycles. The molecule has 3 N–H and O–H groups in total. The molecular weight excluding hydrogens is 743 g/mol. The molecule has 0 saturated carbocycles. The van der Waals surface area contributed by atoms with Gasteiger partial charge in [0.25, 0.3) is 0 Å². The highest BCUT2D eigenvalue weighted by atomic mass is 16.5. The van der Waals surface area contributed by atoms with Gasteiger partial charge < -0.3 is 20.3 Å². The Balaban J connectivity index is 4.47. The number of carbonyl (C=O) groups is 2. The van der Waals surface area contributed by atoms with Gasteiger partial charge in [-0.15, -0.1) is 0 Å². The van der Waals surface area contributed by atoms with Crippen molar-refractivity contribution in [3.63, 3.8) is 0 Å². The SMILES string of the molecule is CCCCCCCCCCCCCCCCCCCC(=O)OC(CCCCCCCCCCCCCCCCC)CC(=O)NC(CO)C(O)CCCCCCCCCCC. The second kappa shape index (κ2) is 48.9. The van der Waals surface area contributed by atoms with Crippen molar-refractivity contribution in [2.45, 2.75) is 328 Å². The summed E-state index contributed by atoms with van der Waals surface area (Å²) >= 11 is 0. The van der Waals surface area contributed by atoms with Crippen LogP contribution in [0.3, 0.4) is 0 Å². The molecule has 6 nitrogen and oxygen atoms in total. The molecule has 60 heavy (non-hydrogen) atoms. The monoisotopic (exact) mass is 850 g/mol. The zero-order valence-electron chi connectivity index (χ0n) is 40.9. The Morgan fingerprint density at radius 1 is 0.417 bits per heavy atom. The van der Waals surface area contributed by atoms with Gasteiger partial charge in [-0.2, -0.15) is 0 Å². The molecule has 0 saturated heterocycles. The zero-order chi connectivity index (χ0) is 43.8. The average molecular weight is 850 g/mol. The predicted octanol–water partition coefficient (Wildman–Crippen LogP) is 16.4. The van der Waals surface area contributed by atoms with Crippen molar-refractivity contribution in [3.05, 3.63) is 0 Å². The summed E-state index contributed by atoms with van der Waals surface area (Å²) in [5, 5.41) is 23.7. The van der Waals surface area contributed by atoms with E-state index in [1.807, 2.05) is 0 Å². The summed E-state index contributed by atoms with van der Waals surface area (Å²) in [6.45, 7) is 6.51. The molecule has 0 spiro atoms. The number of carbonyl (C=O) groups excluding carboxylic acids is 2. The largest absolute Gasteiger partial charge is 0.462 e. The number of esters is 1. The molecular formula is C54H107NO5. The maximum Gasteiger partial charge on any atom is 0.306 e. The minimum absolute atomic E-state index is 0.0879. The van der Waals surface area contributed by atoms with Crippen molar-refractivity contribution in [2.75, 3.05) is 6.61 Å². The van der Waals surface area contributed by atoms with Crippen LogP contribution in [0.1, 0.15) is 310 Å². The molecule has 0 bridgehead atoms. The van der Waals surface area contributed by atoms with E-state index in [0.29, 0.717) is 19.3 Å². The Morgan fingerprint density at radius 2 is 0.700 bits per heavy atom. The fourth-order valence-electron chi connectivity index (χ4n) is 8.79. The van der Waals surface area contributed by atoms with Gasteiger partial charge in [-0.25, -0.2) is 0 Å². The number of hydrogen-bond acceptors (Lipinski definition) is 5. The molecule has 0 aromatic heterocycles. The van der Waals surface area contributed by atoms with Crippen LogP contribution in [0.5, 0.6) is 0 Å². The number of rotatable bonds is 50. The molecule has 0 aromatic rings. The van der Waals surface area contributed by atoms with Crippen LogP contribution in [0.4, 0.5) is 0 Å². The van der Waals surface area contributed by atoms with Crippen LogP contribution in [-0.2, 0) is 14.3 Å².